The van der Waals surface area contributed by atoms with E-state index in [4.69, 9.17) is 13.8 Å². The Morgan fingerprint density at radius 1 is 0.588 bits per heavy atom. The smallest absolute Gasteiger partial charge is 0.463 e. The number of unbranched alkanes of at least 4 members (excludes halogenated alkanes) is 22. The summed E-state index contributed by atoms with van der Waals surface area (Å²) >= 11 is 0. The van der Waals surface area contributed by atoms with Gasteiger partial charge in [0.25, 0.3) is 0 Å². The third-order valence-electron chi connectivity index (χ3n) is 8.85. The molecule has 0 aromatic rings. The normalized spacial score (nSPS) is 13.6. The maximum Gasteiger partial charge on any atom is 0.472 e. The van der Waals surface area contributed by atoms with Crippen LogP contribution in [0.1, 0.15) is 194 Å². The lowest BCUT2D eigenvalue weighted by molar-refractivity contribution is -0.147. The first-order valence-electron chi connectivity index (χ1n) is 20.8. The van der Waals surface area contributed by atoms with Crippen molar-refractivity contribution in [3.05, 3.63) is 24.3 Å². The standard InChI is InChI=1S/C41H78NO8P/c1-3-5-7-9-11-13-15-17-19-21-23-25-27-29-31-33-40(44)42-35-36-49-51(46,47)50-38-39(43)37-48-41(45)34-32-30-28-26-24-22-20-18-16-14-12-10-8-6-4-2/h17-20,39,43H,3-16,21-38H2,1-2H3,(H,42,44)(H,46,47)/b19-17-,20-18-/t39-/m1/s1. The zero-order chi connectivity index (χ0) is 37.5. The average Bonchev–Trinajstić information content (AvgIpc) is 3.11. The maximum atomic E-state index is 12.1. The number of nitrogens with one attached hydrogen (secondary N) is 1. The molecule has 0 radical (unpaired) electrons. The summed E-state index contributed by atoms with van der Waals surface area (Å²) in [7, 11) is -4.41. The van der Waals surface area contributed by atoms with Crippen molar-refractivity contribution in [3.63, 3.8) is 0 Å². The van der Waals surface area contributed by atoms with Gasteiger partial charge >= 0.3 is 13.8 Å². The first kappa shape index (κ1) is 49.5. The van der Waals surface area contributed by atoms with Gasteiger partial charge in [-0.1, -0.05) is 141 Å². The highest BCUT2D eigenvalue weighted by atomic mass is 31.2. The molecule has 51 heavy (non-hydrogen) atoms. The van der Waals surface area contributed by atoms with Crippen molar-refractivity contribution in [2.45, 2.75) is 200 Å². The summed E-state index contributed by atoms with van der Waals surface area (Å²) in [4.78, 5) is 33.8. The van der Waals surface area contributed by atoms with Crippen LogP contribution in [-0.2, 0) is 27.9 Å². The molecule has 0 aliphatic rings. The van der Waals surface area contributed by atoms with Gasteiger partial charge in [0, 0.05) is 19.4 Å². The van der Waals surface area contributed by atoms with Crippen LogP contribution >= 0.6 is 7.82 Å². The summed E-state index contributed by atoms with van der Waals surface area (Å²) in [6.07, 6.45) is 39.6. The van der Waals surface area contributed by atoms with E-state index < -0.39 is 26.5 Å². The first-order chi connectivity index (χ1) is 24.8. The number of allylic oxidation sites excluding steroid dienone is 4. The molecule has 0 aromatic heterocycles. The number of esters is 1. The van der Waals surface area contributed by atoms with E-state index in [9.17, 15) is 24.2 Å². The molecule has 10 heteroatoms. The lowest BCUT2D eigenvalue weighted by Crippen LogP contribution is -2.27. The van der Waals surface area contributed by atoms with Gasteiger partial charge in [-0.25, -0.2) is 4.57 Å². The number of carbonyl (C=O) groups excluding carboxylic acids is 2. The molecule has 0 bridgehead atoms. The minimum atomic E-state index is -4.41. The Labute approximate surface area is 312 Å². The van der Waals surface area contributed by atoms with Gasteiger partial charge in [0.05, 0.1) is 13.2 Å². The molecule has 0 aliphatic carbocycles. The Kier molecular flexibility index (Phi) is 37.1. The van der Waals surface area contributed by atoms with E-state index in [1.54, 1.807) is 0 Å². The molecular formula is C41H78NO8P. The molecule has 0 saturated heterocycles. The predicted molar refractivity (Wildman–Crippen MR) is 211 cm³/mol. The Morgan fingerprint density at radius 3 is 1.47 bits per heavy atom. The predicted octanol–water partition coefficient (Wildman–Crippen LogP) is 11.2. The Hall–Kier alpha value is -1.51. The number of hydrogen-bond acceptors (Lipinski definition) is 7. The van der Waals surface area contributed by atoms with Crippen molar-refractivity contribution in [2.75, 3.05) is 26.4 Å². The SMILES string of the molecule is CCCCCCCC/C=C\CCCCCCCC(=O)NCCOP(=O)(O)OC[C@H](O)COC(=O)CCCCCCC/C=C\CCCCCCCC. The second-order valence-electron chi connectivity index (χ2n) is 14.0. The highest BCUT2D eigenvalue weighted by Crippen LogP contribution is 2.42. The fourth-order valence-corrected chi connectivity index (χ4v) is 6.42. The monoisotopic (exact) mass is 744 g/mol. The average molecular weight is 744 g/mol. The Morgan fingerprint density at radius 2 is 1.00 bits per heavy atom. The molecule has 1 amide bonds. The molecule has 0 aliphatic heterocycles. The van der Waals surface area contributed by atoms with E-state index in [1.807, 2.05) is 0 Å². The number of phosphoric ester groups is 1. The molecule has 1 unspecified atom stereocenters. The summed E-state index contributed by atoms with van der Waals surface area (Å²) in [6.45, 7) is 3.53. The first-order valence-corrected chi connectivity index (χ1v) is 22.3. The summed E-state index contributed by atoms with van der Waals surface area (Å²) in [5.41, 5.74) is 0. The molecule has 2 atom stereocenters. The number of carbonyl (C=O) groups is 2. The highest BCUT2D eigenvalue weighted by Gasteiger charge is 2.23. The minimum Gasteiger partial charge on any atom is -0.463 e. The number of ether oxygens (including phenoxy) is 1. The molecule has 0 saturated carbocycles. The molecule has 0 rings (SSSR count). The van der Waals surface area contributed by atoms with Crippen molar-refractivity contribution in [2.24, 2.45) is 0 Å². The third-order valence-corrected chi connectivity index (χ3v) is 9.84. The fraction of sp³-hybridized carbons (Fsp3) is 0.854. The lowest BCUT2D eigenvalue weighted by Gasteiger charge is -2.15. The zero-order valence-corrected chi connectivity index (χ0v) is 33.7. The van der Waals surface area contributed by atoms with Gasteiger partial charge in [0.2, 0.25) is 5.91 Å². The quantitative estimate of drug-likeness (QED) is 0.0245. The highest BCUT2D eigenvalue weighted by molar-refractivity contribution is 7.47. The van der Waals surface area contributed by atoms with Crippen LogP contribution in [0.2, 0.25) is 0 Å². The van der Waals surface area contributed by atoms with Crippen LogP contribution in [0.25, 0.3) is 0 Å². The van der Waals surface area contributed by atoms with E-state index >= 15 is 0 Å². The van der Waals surface area contributed by atoms with Gasteiger partial charge in [-0.3, -0.25) is 18.6 Å². The number of amides is 1. The van der Waals surface area contributed by atoms with Crippen LogP contribution in [0.3, 0.4) is 0 Å². The molecule has 0 aromatic carbocycles. The molecule has 300 valence electrons. The molecule has 3 N–H and O–H groups in total. The second kappa shape index (κ2) is 38.2. The number of aliphatic hydroxyl groups is 1. The van der Waals surface area contributed by atoms with E-state index in [-0.39, 0.29) is 32.1 Å². The number of phosphoric acid groups is 1. The van der Waals surface area contributed by atoms with E-state index in [0.717, 1.165) is 70.6 Å². The topological polar surface area (TPSA) is 131 Å². The fourth-order valence-electron chi connectivity index (χ4n) is 5.66. The largest absolute Gasteiger partial charge is 0.472 e. The number of rotatable bonds is 39. The summed E-state index contributed by atoms with van der Waals surface area (Å²) < 4.78 is 26.8. The molecule has 0 fully saturated rings. The van der Waals surface area contributed by atoms with Crippen LogP contribution in [0.5, 0.6) is 0 Å². The van der Waals surface area contributed by atoms with Gasteiger partial charge in [-0.05, 0) is 64.2 Å². The van der Waals surface area contributed by atoms with E-state index in [1.165, 1.54) is 96.3 Å². The van der Waals surface area contributed by atoms with E-state index in [2.05, 4.69) is 43.5 Å². The van der Waals surface area contributed by atoms with Crippen molar-refractivity contribution < 1.29 is 37.9 Å². The van der Waals surface area contributed by atoms with Crippen LogP contribution in [0.15, 0.2) is 24.3 Å². The maximum absolute atomic E-state index is 12.1. The van der Waals surface area contributed by atoms with Crippen molar-refractivity contribution >= 4 is 19.7 Å². The van der Waals surface area contributed by atoms with Crippen LogP contribution in [0, 0.1) is 0 Å². The van der Waals surface area contributed by atoms with Crippen molar-refractivity contribution in [1.82, 2.24) is 5.32 Å². The van der Waals surface area contributed by atoms with Gasteiger partial charge in [0.15, 0.2) is 0 Å². The van der Waals surface area contributed by atoms with Crippen molar-refractivity contribution in [3.8, 4) is 0 Å². The summed E-state index contributed by atoms with van der Waals surface area (Å²) in [5, 5.41) is 12.7. The van der Waals surface area contributed by atoms with Crippen molar-refractivity contribution in [1.29, 1.82) is 0 Å². The van der Waals surface area contributed by atoms with Gasteiger partial charge in [0.1, 0.15) is 12.7 Å². The van der Waals surface area contributed by atoms with E-state index in [0.29, 0.717) is 6.42 Å². The summed E-state index contributed by atoms with van der Waals surface area (Å²) in [6, 6.07) is 0. The van der Waals surface area contributed by atoms with Gasteiger partial charge in [-0.2, -0.15) is 0 Å². The molecule has 9 nitrogen and oxygen atoms in total. The van der Waals surface area contributed by atoms with Gasteiger partial charge < -0.3 is 20.1 Å². The number of hydrogen-bond donors (Lipinski definition) is 3. The van der Waals surface area contributed by atoms with Gasteiger partial charge in [-0.15, -0.1) is 0 Å². The summed E-state index contributed by atoms with van der Waals surface area (Å²) in [5.74, 6) is -0.531. The Bertz CT molecular complexity index is 897. The second-order valence-corrected chi connectivity index (χ2v) is 15.4. The van der Waals surface area contributed by atoms with Crippen LogP contribution < -0.4 is 5.32 Å². The number of aliphatic hydroxyl groups excluding tert-OH is 1. The lowest BCUT2D eigenvalue weighted by atomic mass is 10.1. The zero-order valence-electron chi connectivity index (χ0n) is 32.8. The third kappa shape index (κ3) is 39.5. The molecule has 0 heterocycles. The van der Waals surface area contributed by atoms with Crippen LogP contribution in [0.4, 0.5) is 0 Å². The minimum absolute atomic E-state index is 0.0777. The molecular weight excluding hydrogens is 665 g/mol. The Balaban J connectivity index is 3.62. The van der Waals surface area contributed by atoms with Crippen LogP contribution in [-0.4, -0.2) is 54.3 Å². The molecule has 0 spiro atoms.